The highest BCUT2D eigenvalue weighted by Gasteiger charge is 1.97. The molecule has 0 amide bonds. The molecule has 3 nitrogen and oxygen atoms in total. The highest BCUT2D eigenvalue weighted by molar-refractivity contribution is 5.28. The molecule has 2 aromatic rings. The van der Waals surface area contributed by atoms with E-state index in [-0.39, 0.29) is 0 Å². The van der Waals surface area contributed by atoms with E-state index in [0.717, 1.165) is 19.6 Å². The van der Waals surface area contributed by atoms with E-state index < -0.39 is 0 Å². The summed E-state index contributed by atoms with van der Waals surface area (Å²) < 4.78 is 1.98. The van der Waals surface area contributed by atoms with Gasteiger partial charge in [0.05, 0.1) is 12.7 Å². The van der Waals surface area contributed by atoms with Gasteiger partial charge in [-0.05, 0) is 31.9 Å². The minimum atomic E-state index is 0.915. The van der Waals surface area contributed by atoms with Crippen molar-refractivity contribution in [1.29, 1.82) is 0 Å². The molecule has 0 unspecified atom stereocenters. The van der Waals surface area contributed by atoms with Crippen LogP contribution in [0, 0.1) is 20.8 Å². The Hall–Kier alpha value is -1.61. The van der Waals surface area contributed by atoms with Crippen LogP contribution in [0.4, 0.5) is 0 Å². The zero-order valence-corrected chi connectivity index (χ0v) is 11.4. The lowest BCUT2D eigenvalue weighted by Gasteiger charge is -2.07. The molecule has 0 radical (unpaired) electrons. The van der Waals surface area contributed by atoms with Gasteiger partial charge in [-0.15, -0.1) is 0 Å². The van der Waals surface area contributed by atoms with Crippen LogP contribution in [0.3, 0.4) is 0 Å². The van der Waals surface area contributed by atoms with Crippen molar-refractivity contribution in [2.75, 3.05) is 6.54 Å². The third-order valence-electron chi connectivity index (χ3n) is 2.89. The molecule has 0 spiro atoms. The molecule has 0 aliphatic carbocycles. The first-order valence-corrected chi connectivity index (χ1v) is 6.40. The Morgan fingerprint density at radius 2 is 1.78 bits per heavy atom. The van der Waals surface area contributed by atoms with Gasteiger partial charge >= 0.3 is 0 Å². The zero-order chi connectivity index (χ0) is 13.0. The lowest BCUT2D eigenvalue weighted by molar-refractivity contribution is 0.554. The predicted octanol–water partition coefficient (Wildman–Crippen LogP) is 2.60. The lowest BCUT2D eigenvalue weighted by atomic mass is 10.1. The van der Waals surface area contributed by atoms with Crippen molar-refractivity contribution in [3.8, 4) is 0 Å². The van der Waals surface area contributed by atoms with Crippen LogP contribution in [0.5, 0.6) is 0 Å². The van der Waals surface area contributed by atoms with Crippen LogP contribution in [-0.2, 0) is 13.1 Å². The molecule has 1 N–H and O–H groups in total. The lowest BCUT2D eigenvalue weighted by Crippen LogP contribution is -2.19. The highest BCUT2D eigenvalue weighted by Crippen LogP contribution is 2.08. The summed E-state index contributed by atoms with van der Waals surface area (Å²) >= 11 is 0. The maximum Gasteiger partial charge on any atom is 0.0534 e. The van der Waals surface area contributed by atoms with Crippen molar-refractivity contribution < 1.29 is 0 Å². The Balaban J connectivity index is 1.78. The summed E-state index contributed by atoms with van der Waals surface area (Å²) in [6.45, 7) is 9.12. The second kappa shape index (κ2) is 5.83. The standard InChI is InChI=1S/C15H21N3/c1-12-6-13(2)8-15(7-12)10-16-4-5-18-11-14(3)9-17-18/h6-9,11,16H,4-5,10H2,1-3H3. The van der Waals surface area contributed by atoms with E-state index in [4.69, 9.17) is 0 Å². The second-order valence-corrected chi connectivity index (χ2v) is 4.95. The largest absolute Gasteiger partial charge is 0.311 e. The third kappa shape index (κ3) is 3.70. The average Bonchev–Trinajstić information content (AvgIpc) is 2.69. The van der Waals surface area contributed by atoms with Crippen molar-refractivity contribution in [3.05, 3.63) is 52.8 Å². The SMILES string of the molecule is Cc1cc(C)cc(CNCCn2cc(C)cn2)c1. The first kappa shape index (κ1) is 12.8. The molecule has 0 saturated carbocycles. The number of rotatable bonds is 5. The molecule has 0 bridgehead atoms. The number of aryl methyl sites for hydroxylation is 3. The summed E-state index contributed by atoms with van der Waals surface area (Å²) in [5.74, 6) is 0. The maximum absolute atomic E-state index is 4.27. The normalized spacial score (nSPS) is 10.8. The van der Waals surface area contributed by atoms with Crippen LogP contribution in [0.2, 0.25) is 0 Å². The zero-order valence-electron chi connectivity index (χ0n) is 11.4. The highest BCUT2D eigenvalue weighted by atomic mass is 15.3. The molecular formula is C15H21N3. The molecule has 0 fully saturated rings. The van der Waals surface area contributed by atoms with Crippen molar-refractivity contribution in [2.24, 2.45) is 0 Å². The molecular weight excluding hydrogens is 222 g/mol. The number of hydrogen-bond donors (Lipinski definition) is 1. The van der Waals surface area contributed by atoms with E-state index in [1.165, 1.54) is 22.3 Å². The van der Waals surface area contributed by atoms with Gasteiger partial charge in [0.2, 0.25) is 0 Å². The molecule has 3 heteroatoms. The minimum absolute atomic E-state index is 0.915. The Kier molecular flexibility index (Phi) is 4.15. The molecule has 0 saturated heterocycles. The van der Waals surface area contributed by atoms with E-state index in [0.29, 0.717) is 0 Å². The molecule has 18 heavy (non-hydrogen) atoms. The van der Waals surface area contributed by atoms with Gasteiger partial charge in [-0.2, -0.15) is 5.10 Å². The van der Waals surface area contributed by atoms with Crippen molar-refractivity contribution in [2.45, 2.75) is 33.9 Å². The fourth-order valence-corrected chi connectivity index (χ4v) is 2.19. The summed E-state index contributed by atoms with van der Waals surface area (Å²) in [6.07, 6.45) is 3.96. The van der Waals surface area contributed by atoms with Crippen molar-refractivity contribution in [1.82, 2.24) is 15.1 Å². The molecule has 0 atom stereocenters. The summed E-state index contributed by atoms with van der Waals surface area (Å²) in [5.41, 5.74) is 5.22. The fourth-order valence-electron chi connectivity index (χ4n) is 2.19. The van der Waals surface area contributed by atoms with Gasteiger partial charge in [0, 0.05) is 19.3 Å². The Morgan fingerprint density at radius 1 is 1.06 bits per heavy atom. The fraction of sp³-hybridized carbons (Fsp3) is 0.400. The maximum atomic E-state index is 4.27. The molecule has 96 valence electrons. The number of nitrogens with one attached hydrogen (secondary N) is 1. The van der Waals surface area contributed by atoms with Crippen LogP contribution in [0.1, 0.15) is 22.3 Å². The second-order valence-electron chi connectivity index (χ2n) is 4.95. The number of nitrogens with zero attached hydrogens (tertiary/aromatic N) is 2. The van der Waals surface area contributed by atoms with Crippen LogP contribution >= 0.6 is 0 Å². The Morgan fingerprint density at radius 3 is 2.39 bits per heavy atom. The van der Waals surface area contributed by atoms with Crippen LogP contribution in [0.25, 0.3) is 0 Å². The van der Waals surface area contributed by atoms with E-state index in [2.05, 4.69) is 55.6 Å². The molecule has 1 heterocycles. The van der Waals surface area contributed by atoms with E-state index >= 15 is 0 Å². The van der Waals surface area contributed by atoms with Gasteiger partial charge in [0.15, 0.2) is 0 Å². The predicted molar refractivity (Wildman–Crippen MR) is 74.6 cm³/mol. The molecule has 1 aromatic heterocycles. The first-order chi connectivity index (χ1) is 8.63. The molecule has 1 aromatic carbocycles. The van der Waals surface area contributed by atoms with Crippen molar-refractivity contribution in [3.63, 3.8) is 0 Å². The molecule has 0 aliphatic rings. The third-order valence-corrected chi connectivity index (χ3v) is 2.89. The summed E-state index contributed by atoms with van der Waals surface area (Å²) in [6, 6.07) is 6.67. The summed E-state index contributed by atoms with van der Waals surface area (Å²) in [5, 5.41) is 7.72. The van der Waals surface area contributed by atoms with Crippen LogP contribution < -0.4 is 5.32 Å². The van der Waals surface area contributed by atoms with Crippen LogP contribution in [-0.4, -0.2) is 16.3 Å². The van der Waals surface area contributed by atoms with Gasteiger partial charge in [-0.1, -0.05) is 29.3 Å². The topological polar surface area (TPSA) is 29.9 Å². The quantitative estimate of drug-likeness (QED) is 0.818. The molecule has 0 aliphatic heterocycles. The van der Waals surface area contributed by atoms with Gasteiger partial charge in [0.1, 0.15) is 0 Å². The average molecular weight is 243 g/mol. The number of hydrogen-bond acceptors (Lipinski definition) is 2. The van der Waals surface area contributed by atoms with Gasteiger partial charge < -0.3 is 5.32 Å². The van der Waals surface area contributed by atoms with Crippen molar-refractivity contribution >= 4 is 0 Å². The van der Waals surface area contributed by atoms with Gasteiger partial charge in [0.25, 0.3) is 0 Å². The summed E-state index contributed by atoms with van der Waals surface area (Å²) in [7, 11) is 0. The summed E-state index contributed by atoms with van der Waals surface area (Å²) in [4.78, 5) is 0. The monoisotopic (exact) mass is 243 g/mol. The Bertz CT molecular complexity index is 494. The van der Waals surface area contributed by atoms with Gasteiger partial charge in [-0.25, -0.2) is 0 Å². The van der Waals surface area contributed by atoms with Crippen LogP contribution in [0.15, 0.2) is 30.6 Å². The smallest absolute Gasteiger partial charge is 0.0534 e. The Labute approximate surface area is 109 Å². The van der Waals surface area contributed by atoms with E-state index in [1.807, 2.05) is 10.9 Å². The van der Waals surface area contributed by atoms with Gasteiger partial charge in [-0.3, -0.25) is 4.68 Å². The van der Waals surface area contributed by atoms with E-state index in [9.17, 15) is 0 Å². The van der Waals surface area contributed by atoms with E-state index in [1.54, 1.807) is 0 Å². The molecule has 2 rings (SSSR count). The number of aromatic nitrogens is 2. The first-order valence-electron chi connectivity index (χ1n) is 6.40. The number of benzene rings is 1. The minimum Gasteiger partial charge on any atom is -0.311 e.